The molecule has 0 saturated carbocycles. The Labute approximate surface area is 167 Å². The number of hydrogen-bond acceptors (Lipinski definition) is 5. The predicted octanol–water partition coefficient (Wildman–Crippen LogP) is 2.01. The van der Waals surface area contributed by atoms with Gasteiger partial charge in [-0.15, -0.1) is 0 Å². The highest BCUT2D eigenvalue weighted by atomic mass is 16.5. The summed E-state index contributed by atoms with van der Waals surface area (Å²) in [5.74, 6) is -0.0480. The molecule has 1 aromatic carbocycles. The lowest BCUT2D eigenvalue weighted by molar-refractivity contribution is -0.131. The second-order valence-corrected chi connectivity index (χ2v) is 7.50. The average molecular weight is 389 g/mol. The molecule has 2 fully saturated rings. The van der Waals surface area contributed by atoms with E-state index in [1.165, 1.54) is 0 Å². The second kappa shape index (κ2) is 10.4. The van der Waals surface area contributed by atoms with E-state index in [-0.39, 0.29) is 19.1 Å². The molecule has 2 amide bonds. The smallest absolute Gasteiger partial charge is 0.407 e. The number of nitrogens with zero attached hydrogens (tertiary/aromatic N) is 2. The number of benzene rings is 1. The third-order valence-corrected chi connectivity index (χ3v) is 5.74. The van der Waals surface area contributed by atoms with Gasteiger partial charge in [0.1, 0.15) is 13.2 Å². The van der Waals surface area contributed by atoms with E-state index in [2.05, 4.69) is 10.2 Å². The maximum Gasteiger partial charge on any atom is 0.407 e. The lowest BCUT2D eigenvalue weighted by Gasteiger charge is -2.41. The molecule has 1 N–H and O–H groups in total. The molecule has 0 radical (unpaired) electrons. The highest BCUT2D eigenvalue weighted by Gasteiger charge is 2.29. The minimum absolute atomic E-state index is 0.0163. The molecule has 0 bridgehead atoms. The van der Waals surface area contributed by atoms with Gasteiger partial charge in [0.25, 0.3) is 0 Å². The van der Waals surface area contributed by atoms with Gasteiger partial charge in [-0.1, -0.05) is 30.3 Å². The van der Waals surface area contributed by atoms with Crippen molar-refractivity contribution in [3.8, 4) is 0 Å². The van der Waals surface area contributed by atoms with Crippen LogP contribution in [0.5, 0.6) is 0 Å². The summed E-state index contributed by atoms with van der Waals surface area (Å²) in [6.45, 7) is 3.82. The Hall–Kier alpha value is -2.12. The van der Waals surface area contributed by atoms with Gasteiger partial charge in [-0.25, -0.2) is 4.79 Å². The van der Waals surface area contributed by atoms with Gasteiger partial charge < -0.3 is 24.6 Å². The van der Waals surface area contributed by atoms with E-state index < -0.39 is 6.09 Å². The van der Waals surface area contributed by atoms with Crippen LogP contribution in [-0.4, -0.2) is 73.8 Å². The first-order valence-electron chi connectivity index (χ1n) is 10.1. The zero-order chi connectivity index (χ0) is 19.8. The standard InChI is InChI=1S/C21H31N3O4/c1-27-19-9-13-23(14-10-19)18-7-11-24(12-8-18)20(25)15-22-21(26)28-16-17-5-3-2-4-6-17/h2-6,18-19H,7-16H2,1H3,(H,22,26). The van der Waals surface area contributed by atoms with Crippen LogP contribution in [0.2, 0.25) is 0 Å². The van der Waals surface area contributed by atoms with E-state index in [1.54, 1.807) is 7.11 Å². The summed E-state index contributed by atoms with van der Waals surface area (Å²) in [6, 6.07) is 10.0. The van der Waals surface area contributed by atoms with Crippen molar-refractivity contribution in [2.45, 2.75) is 44.4 Å². The zero-order valence-electron chi connectivity index (χ0n) is 16.6. The summed E-state index contributed by atoms with van der Waals surface area (Å²) in [7, 11) is 1.79. The van der Waals surface area contributed by atoms with Crippen LogP contribution in [0.3, 0.4) is 0 Å². The topological polar surface area (TPSA) is 71.1 Å². The molecule has 154 valence electrons. The zero-order valence-corrected chi connectivity index (χ0v) is 16.6. The molecule has 3 rings (SSSR count). The highest BCUT2D eigenvalue weighted by Crippen LogP contribution is 2.22. The maximum atomic E-state index is 12.4. The number of carbonyl (C=O) groups is 2. The molecule has 0 aromatic heterocycles. The molecule has 0 aliphatic carbocycles. The van der Waals surface area contributed by atoms with Gasteiger partial charge in [-0.2, -0.15) is 0 Å². The third kappa shape index (κ3) is 5.94. The molecule has 7 nitrogen and oxygen atoms in total. The maximum absolute atomic E-state index is 12.4. The quantitative estimate of drug-likeness (QED) is 0.806. The van der Waals surface area contributed by atoms with Gasteiger partial charge in [-0.3, -0.25) is 4.79 Å². The van der Waals surface area contributed by atoms with Crippen LogP contribution in [-0.2, 0) is 20.9 Å². The first-order valence-corrected chi connectivity index (χ1v) is 10.1. The van der Waals surface area contributed by atoms with Gasteiger partial charge in [0, 0.05) is 39.3 Å². The number of alkyl carbamates (subject to hydrolysis) is 1. The molecule has 2 saturated heterocycles. The summed E-state index contributed by atoms with van der Waals surface area (Å²) in [6.07, 6.45) is 3.98. The van der Waals surface area contributed by atoms with Gasteiger partial charge in [0.2, 0.25) is 5.91 Å². The number of nitrogens with one attached hydrogen (secondary N) is 1. The third-order valence-electron chi connectivity index (χ3n) is 5.74. The van der Waals surface area contributed by atoms with E-state index >= 15 is 0 Å². The number of hydrogen-bond donors (Lipinski definition) is 1. The number of piperidine rings is 2. The van der Waals surface area contributed by atoms with Crippen LogP contribution in [0.1, 0.15) is 31.2 Å². The molecular weight excluding hydrogens is 358 g/mol. The normalized spacial score (nSPS) is 19.4. The van der Waals surface area contributed by atoms with Crippen molar-refractivity contribution < 1.29 is 19.1 Å². The van der Waals surface area contributed by atoms with E-state index in [1.807, 2.05) is 35.2 Å². The minimum Gasteiger partial charge on any atom is -0.445 e. The van der Waals surface area contributed by atoms with Crippen LogP contribution in [0.4, 0.5) is 4.79 Å². The molecule has 0 atom stereocenters. The van der Waals surface area contributed by atoms with Gasteiger partial charge in [0.05, 0.1) is 6.10 Å². The fraction of sp³-hybridized carbons (Fsp3) is 0.619. The van der Waals surface area contributed by atoms with E-state index in [0.717, 1.165) is 57.4 Å². The van der Waals surface area contributed by atoms with Crippen molar-refractivity contribution in [1.29, 1.82) is 0 Å². The van der Waals surface area contributed by atoms with Crippen molar-refractivity contribution >= 4 is 12.0 Å². The van der Waals surface area contributed by atoms with Crippen molar-refractivity contribution in [3.05, 3.63) is 35.9 Å². The van der Waals surface area contributed by atoms with Crippen molar-refractivity contribution in [3.63, 3.8) is 0 Å². The molecule has 2 heterocycles. The van der Waals surface area contributed by atoms with Crippen LogP contribution < -0.4 is 5.32 Å². The summed E-state index contributed by atoms with van der Waals surface area (Å²) >= 11 is 0. The van der Waals surface area contributed by atoms with Gasteiger partial charge in [0.15, 0.2) is 0 Å². The van der Waals surface area contributed by atoms with Gasteiger partial charge >= 0.3 is 6.09 Å². The number of methoxy groups -OCH3 is 1. The first kappa shape index (κ1) is 20.6. The monoisotopic (exact) mass is 389 g/mol. The molecule has 0 unspecified atom stereocenters. The Morgan fingerprint density at radius 3 is 2.36 bits per heavy atom. The summed E-state index contributed by atoms with van der Waals surface area (Å²) in [4.78, 5) is 28.5. The Kier molecular flexibility index (Phi) is 7.68. The lowest BCUT2D eigenvalue weighted by Crippen LogP contribution is -2.51. The minimum atomic E-state index is -0.562. The Balaban J connectivity index is 1.32. The summed E-state index contributed by atoms with van der Waals surface area (Å²) < 4.78 is 10.6. The van der Waals surface area contributed by atoms with Crippen LogP contribution >= 0.6 is 0 Å². The average Bonchev–Trinajstić information content (AvgIpc) is 2.77. The van der Waals surface area contributed by atoms with Crippen LogP contribution in [0.15, 0.2) is 30.3 Å². The van der Waals surface area contributed by atoms with E-state index in [9.17, 15) is 9.59 Å². The van der Waals surface area contributed by atoms with Crippen LogP contribution in [0.25, 0.3) is 0 Å². The van der Waals surface area contributed by atoms with Gasteiger partial charge in [-0.05, 0) is 31.2 Å². The first-order chi connectivity index (χ1) is 13.7. The van der Waals surface area contributed by atoms with E-state index in [4.69, 9.17) is 9.47 Å². The number of rotatable bonds is 6. The van der Waals surface area contributed by atoms with Crippen molar-refractivity contribution in [1.82, 2.24) is 15.1 Å². The molecule has 7 heteroatoms. The highest BCUT2D eigenvalue weighted by molar-refractivity contribution is 5.82. The predicted molar refractivity (Wildman–Crippen MR) is 106 cm³/mol. The summed E-state index contributed by atoms with van der Waals surface area (Å²) in [5.41, 5.74) is 0.917. The summed E-state index contributed by atoms with van der Waals surface area (Å²) in [5, 5.41) is 2.56. The number of amides is 2. The van der Waals surface area contributed by atoms with Crippen molar-refractivity contribution in [2.75, 3.05) is 39.8 Å². The molecule has 2 aliphatic heterocycles. The fourth-order valence-corrected chi connectivity index (χ4v) is 3.99. The number of likely N-dealkylation sites (tertiary alicyclic amines) is 2. The largest absolute Gasteiger partial charge is 0.445 e. The number of carbonyl (C=O) groups excluding carboxylic acids is 2. The lowest BCUT2D eigenvalue weighted by atomic mass is 9.99. The molecule has 2 aliphatic rings. The molecule has 1 aromatic rings. The molecular formula is C21H31N3O4. The Morgan fingerprint density at radius 1 is 1.04 bits per heavy atom. The Bertz CT molecular complexity index is 624. The molecule has 28 heavy (non-hydrogen) atoms. The number of ether oxygens (including phenoxy) is 2. The second-order valence-electron chi connectivity index (χ2n) is 7.50. The molecule has 0 spiro atoms. The Morgan fingerprint density at radius 2 is 1.71 bits per heavy atom. The van der Waals surface area contributed by atoms with E-state index in [0.29, 0.717) is 12.1 Å². The van der Waals surface area contributed by atoms with Crippen LogP contribution in [0, 0.1) is 0 Å². The fourth-order valence-electron chi connectivity index (χ4n) is 3.99. The van der Waals surface area contributed by atoms with Crippen molar-refractivity contribution in [2.24, 2.45) is 0 Å². The SMILES string of the molecule is COC1CCN(C2CCN(C(=O)CNC(=O)OCc3ccccc3)CC2)CC1.